The number of ketones is 2. The molecule has 45 heavy (non-hydrogen) atoms. The van der Waals surface area contributed by atoms with E-state index < -0.39 is 88.4 Å². The Hall–Kier alpha value is -1.57. The van der Waals surface area contributed by atoms with Gasteiger partial charge in [0.25, 0.3) is 0 Å². The fourth-order valence-corrected chi connectivity index (χ4v) is 8.86. The number of rotatable bonds is 6. The van der Waals surface area contributed by atoms with Crippen LogP contribution < -0.4 is 0 Å². The number of methoxy groups -OCH3 is 1. The highest BCUT2D eigenvalue weighted by molar-refractivity contribution is 7.99. The Morgan fingerprint density at radius 3 is 2.16 bits per heavy atom. The third-order valence-corrected chi connectivity index (χ3v) is 11.5. The van der Waals surface area contributed by atoms with Crippen LogP contribution in [0.5, 0.6) is 0 Å². The quantitative estimate of drug-likeness (QED) is 0.332. The van der Waals surface area contributed by atoms with Crippen LogP contribution in [0.2, 0.25) is 0 Å². The molecule has 12 heteroatoms. The Labute approximate surface area is 272 Å². The Morgan fingerprint density at radius 1 is 1.00 bits per heavy atom. The van der Waals surface area contributed by atoms with Gasteiger partial charge in [0.15, 0.2) is 17.7 Å². The lowest BCUT2D eigenvalue weighted by molar-refractivity contribution is -0.295. The molecule has 3 rings (SSSR count). The van der Waals surface area contributed by atoms with Crippen molar-refractivity contribution in [1.29, 1.82) is 0 Å². The minimum atomic E-state index is -1.27. The van der Waals surface area contributed by atoms with Crippen LogP contribution in [0.1, 0.15) is 74.7 Å². The molecule has 3 aliphatic heterocycles. The molecule has 3 heterocycles. The molecule has 0 bridgehead atoms. The Balaban J connectivity index is 2.13. The van der Waals surface area contributed by atoms with Gasteiger partial charge in [-0.2, -0.15) is 0 Å². The van der Waals surface area contributed by atoms with E-state index in [2.05, 4.69) is 0 Å². The molecule has 0 spiro atoms. The van der Waals surface area contributed by atoms with Gasteiger partial charge < -0.3 is 33.7 Å². The third kappa shape index (κ3) is 7.31. The van der Waals surface area contributed by atoms with E-state index in [-0.39, 0.29) is 24.3 Å². The Bertz CT molecular complexity index is 1100. The fourth-order valence-electron chi connectivity index (χ4n) is 7.82. The van der Waals surface area contributed by atoms with Crippen molar-refractivity contribution < 1.29 is 48.0 Å². The highest BCUT2D eigenvalue weighted by atomic mass is 32.2. The average Bonchev–Trinajstić information content (AvgIpc) is 3.26. The fraction of sp³-hybridized carbons (Fsp3) is 0.879. The molecule has 1 N–H and O–H groups in total. The van der Waals surface area contributed by atoms with E-state index in [4.69, 9.17) is 23.7 Å². The zero-order valence-electron chi connectivity index (χ0n) is 29.0. The van der Waals surface area contributed by atoms with Gasteiger partial charge in [0.05, 0.1) is 17.8 Å². The number of aliphatic hydroxyl groups excluding tert-OH is 1. The summed E-state index contributed by atoms with van der Waals surface area (Å²) in [6.07, 6.45) is -1.36. The first-order chi connectivity index (χ1) is 20.9. The number of hydrogen-bond donors (Lipinski definition) is 1. The third-order valence-electron chi connectivity index (χ3n) is 10.6. The second kappa shape index (κ2) is 14.7. The summed E-state index contributed by atoms with van der Waals surface area (Å²) in [7, 11) is 5.24. The van der Waals surface area contributed by atoms with Crippen molar-refractivity contribution in [2.45, 2.75) is 128 Å². The van der Waals surface area contributed by atoms with Gasteiger partial charge in [-0.3, -0.25) is 19.2 Å². The number of fused-ring (bicyclic) bond motifs is 1. The maximum Gasteiger partial charge on any atom is 0.320 e. The molecule has 258 valence electrons. The van der Waals surface area contributed by atoms with Crippen LogP contribution >= 0.6 is 11.8 Å². The summed E-state index contributed by atoms with van der Waals surface area (Å²) in [5.41, 5.74) is -2.49. The van der Waals surface area contributed by atoms with Gasteiger partial charge in [-0.1, -0.05) is 27.7 Å². The molecule has 3 aliphatic rings. The van der Waals surface area contributed by atoms with Crippen LogP contribution in [0.15, 0.2) is 0 Å². The van der Waals surface area contributed by atoms with Crippen molar-refractivity contribution in [2.75, 3.05) is 27.5 Å². The topological polar surface area (TPSA) is 138 Å². The van der Waals surface area contributed by atoms with Crippen molar-refractivity contribution in [2.24, 2.45) is 29.6 Å². The molecule has 3 saturated heterocycles. The lowest BCUT2D eigenvalue weighted by atomic mass is 9.70. The molecule has 0 radical (unpaired) electrons. The molecule has 0 aromatic rings. The summed E-state index contributed by atoms with van der Waals surface area (Å²) in [5, 5.41) is 10.7. The molecular weight excluding hydrogens is 602 g/mol. The van der Waals surface area contributed by atoms with Crippen molar-refractivity contribution >= 4 is 35.3 Å². The second-order valence-corrected chi connectivity index (χ2v) is 15.0. The van der Waals surface area contributed by atoms with Crippen LogP contribution in [-0.4, -0.2) is 114 Å². The summed E-state index contributed by atoms with van der Waals surface area (Å²) in [6, 6.07) is -0.256. The largest absolute Gasteiger partial charge is 0.458 e. The van der Waals surface area contributed by atoms with Gasteiger partial charge in [0, 0.05) is 36.8 Å². The molecular formula is C33H55NO10S. The summed E-state index contributed by atoms with van der Waals surface area (Å²) in [4.78, 5) is 56.9. The Morgan fingerprint density at radius 2 is 1.62 bits per heavy atom. The second-order valence-electron chi connectivity index (χ2n) is 14.0. The van der Waals surface area contributed by atoms with Crippen LogP contribution in [0.4, 0.5) is 0 Å². The number of ether oxygens (including phenoxy) is 5. The minimum absolute atomic E-state index is 0.105. The SMILES string of the molecule is CC[C@H]1OC(=O)[C@H](C)C(=O)[C@H](C)[C@@H](O[C@@H]2O[C@H](C)C[C@H](N(C)C)[C@H]2O)[C@](C)(OC)C[C@@H](C)C(=O)[C@H](C)C2C(SC)C(=O)O[C@@]21C. The summed E-state index contributed by atoms with van der Waals surface area (Å²) < 4.78 is 30.6. The van der Waals surface area contributed by atoms with Gasteiger partial charge >= 0.3 is 11.9 Å². The van der Waals surface area contributed by atoms with Crippen LogP contribution in [-0.2, 0) is 42.9 Å². The maximum absolute atomic E-state index is 14.2. The molecule has 0 aliphatic carbocycles. The number of carbonyl (C=O) groups excluding carboxylic acids is 4. The monoisotopic (exact) mass is 657 g/mol. The maximum atomic E-state index is 14.2. The number of cyclic esters (lactones) is 1. The molecule has 3 fully saturated rings. The first kappa shape index (κ1) is 37.9. The van der Waals surface area contributed by atoms with Crippen molar-refractivity contribution in [3.63, 3.8) is 0 Å². The lowest BCUT2D eigenvalue weighted by Crippen LogP contribution is -2.59. The Kier molecular flexibility index (Phi) is 12.4. The molecule has 0 aromatic heterocycles. The number of esters is 2. The van der Waals surface area contributed by atoms with Gasteiger partial charge in [-0.05, 0) is 67.3 Å². The molecule has 0 amide bonds. The van der Waals surface area contributed by atoms with E-state index in [0.29, 0.717) is 12.8 Å². The zero-order chi connectivity index (χ0) is 34.2. The molecule has 0 aromatic carbocycles. The summed E-state index contributed by atoms with van der Waals surface area (Å²) in [6.45, 7) is 14.0. The smallest absolute Gasteiger partial charge is 0.320 e. The minimum Gasteiger partial charge on any atom is -0.458 e. The first-order valence-electron chi connectivity index (χ1n) is 16.1. The van der Waals surface area contributed by atoms with E-state index in [1.807, 2.05) is 39.8 Å². The predicted molar refractivity (Wildman–Crippen MR) is 169 cm³/mol. The highest BCUT2D eigenvalue weighted by Crippen LogP contribution is 2.48. The molecule has 14 atom stereocenters. The lowest BCUT2D eigenvalue weighted by Gasteiger charge is -2.47. The number of carbonyl (C=O) groups is 4. The molecule has 11 nitrogen and oxygen atoms in total. The van der Waals surface area contributed by atoms with E-state index in [9.17, 15) is 24.3 Å². The van der Waals surface area contributed by atoms with Gasteiger partial charge in [0.1, 0.15) is 29.2 Å². The number of aliphatic hydroxyl groups is 1. The van der Waals surface area contributed by atoms with E-state index in [1.165, 1.54) is 25.8 Å². The van der Waals surface area contributed by atoms with Gasteiger partial charge in [-0.25, -0.2) is 0 Å². The molecule has 0 saturated carbocycles. The summed E-state index contributed by atoms with van der Waals surface area (Å²) >= 11 is 1.31. The van der Waals surface area contributed by atoms with Crippen molar-refractivity contribution in [1.82, 2.24) is 4.90 Å². The summed E-state index contributed by atoms with van der Waals surface area (Å²) in [5.74, 6) is -5.64. The predicted octanol–water partition coefficient (Wildman–Crippen LogP) is 3.27. The standard InChI is InChI=1S/C33H55NO10S/c1-13-22-33(8)23(27(45-12)30(39)44-33)18(4)24(35)16(2)15-32(7,40-11)28(19(5)25(36)20(6)29(38)42-22)43-31-26(37)21(34(9)10)14-17(3)41-31/h16-23,26-28,31,37H,13-15H2,1-12H3/t16-,17-,18-,19+,20-,21+,22-,23?,26-,27?,28-,31+,32-,33-/m1/s1. The van der Waals surface area contributed by atoms with E-state index in [0.717, 1.165) is 0 Å². The number of nitrogens with zero attached hydrogens (tertiary/aromatic N) is 1. The van der Waals surface area contributed by atoms with Crippen molar-refractivity contribution in [3.05, 3.63) is 0 Å². The number of hydrogen-bond acceptors (Lipinski definition) is 12. The first-order valence-corrected chi connectivity index (χ1v) is 17.4. The van der Waals surface area contributed by atoms with Gasteiger partial charge in [-0.15, -0.1) is 11.8 Å². The van der Waals surface area contributed by atoms with E-state index in [1.54, 1.807) is 34.0 Å². The highest BCUT2D eigenvalue weighted by Gasteiger charge is 2.61. The van der Waals surface area contributed by atoms with Crippen LogP contribution in [0, 0.1) is 29.6 Å². The van der Waals surface area contributed by atoms with Crippen LogP contribution in [0.3, 0.4) is 0 Å². The van der Waals surface area contributed by atoms with Crippen molar-refractivity contribution in [3.8, 4) is 0 Å². The van der Waals surface area contributed by atoms with E-state index >= 15 is 0 Å². The zero-order valence-corrected chi connectivity index (χ0v) is 29.8. The average molecular weight is 658 g/mol. The number of likely N-dealkylation sites (N-methyl/N-ethyl adjacent to an activating group) is 1. The number of thioether (sulfide) groups is 1. The van der Waals surface area contributed by atoms with Crippen LogP contribution in [0.25, 0.3) is 0 Å². The number of Topliss-reactive ketones (excluding diaryl/α,β-unsaturated/α-hetero) is 2. The van der Waals surface area contributed by atoms with Gasteiger partial charge in [0.2, 0.25) is 0 Å². The molecule has 2 unspecified atom stereocenters. The normalized spacial score (nSPS) is 45.6.